The first-order valence-electron chi connectivity index (χ1n) is 4.76. The molecule has 0 saturated carbocycles. The highest BCUT2D eigenvalue weighted by Gasteiger charge is 2.03. The number of hydrogen-bond donors (Lipinski definition) is 0. The summed E-state index contributed by atoms with van der Waals surface area (Å²) in [6.45, 7) is 0.803. The summed E-state index contributed by atoms with van der Waals surface area (Å²) in [5.74, 6) is 0.580. The Morgan fingerprint density at radius 1 is 1.06 bits per heavy atom. The predicted molar refractivity (Wildman–Crippen MR) is 62.4 cm³/mol. The van der Waals surface area contributed by atoms with Gasteiger partial charge in [0.1, 0.15) is 12.4 Å². The van der Waals surface area contributed by atoms with Crippen LogP contribution in [0, 0.1) is 0 Å². The molecule has 0 unspecified atom stereocenters. The molecule has 4 nitrogen and oxygen atoms in total. The standard InChI is InChI=1S/C10H13ClO4S/c11-16(12,13)9-8-14-6-7-15-10-4-2-1-3-5-10/h1-5H,6-9H2. The molecule has 6 heteroatoms. The molecule has 0 amide bonds. The SMILES string of the molecule is O=S(=O)(Cl)CCOCCOc1ccccc1. The Balaban J connectivity index is 2.05. The zero-order valence-electron chi connectivity index (χ0n) is 8.63. The summed E-state index contributed by atoms with van der Waals surface area (Å²) in [6, 6.07) is 9.31. The van der Waals surface area contributed by atoms with E-state index in [-0.39, 0.29) is 12.4 Å². The van der Waals surface area contributed by atoms with Gasteiger partial charge in [-0.05, 0) is 12.1 Å². The molecule has 0 radical (unpaired) electrons. The number of ether oxygens (including phenoxy) is 2. The van der Waals surface area contributed by atoms with Crippen LogP contribution in [0.2, 0.25) is 0 Å². The van der Waals surface area contributed by atoms with E-state index < -0.39 is 9.05 Å². The van der Waals surface area contributed by atoms with Gasteiger partial charge in [-0.1, -0.05) is 18.2 Å². The Hall–Kier alpha value is -0.780. The minimum absolute atomic E-state index is 0.0873. The van der Waals surface area contributed by atoms with Crippen molar-refractivity contribution in [3.8, 4) is 5.75 Å². The van der Waals surface area contributed by atoms with Crippen LogP contribution < -0.4 is 4.74 Å². The Labute approximate surface area is 99.6 Å². The fourth-order valence-corrected chi connectivity index (χ4v) is 1.50. The highest BCUT2D eigenvalue weighted by molar-refractivity contribution is 8.13. The van der Waals surface area contributed by atoms with Gasteiger partial charge in [-0.3, -0.25) is 0 Å². The maximum absolute atomic E-state index is 10.5. The van der Waals surface area contributed by atoms with Crippen molar-refractivity contribution in [3.63, 3.8) is 0 Å². The number of para-hydroxylation sites is 1. The van der Waals surface area contributed by atoms with Crippen molar-refractivity contribution in [1.82, 2.24) is 0 Å². The van der Waals surface area contributed by atoms with Crippen molar-refractivity contribution >= 4 is 19.7 Å². The van der Waals surface area contributed by atoms with Crippen LogP contribution in [-0.4, -0.2) is 34.0 Å². The summed E-state index contributed by atoms with van der Waals surface area (Å²) in [5.41, 5.74) is 0. The molecular weight excluding hydrogens is 252 g/mol. The summed E-state index contributed by atoms with van der Waals surface area (Å²) in [4.78, 5) is 0. The first-order valence-corrected chi connectivity index (χ1v) is 7.24. The third-order valence-corrected chi connectivity index (χ3v) is 2.83. The minimum Gasteiger partial charge on any atom is -0.491 e. The van der Waals surface area contributed by atoms with Gasteiger partial charge in [0.25, 0.3) is 0 Å². The third-order valence-electron chi connectivity index (χ3n) is 1.71. The number of halogens is 1. The number of benzene rings is 1. The normalized spacial score (nSPS) is 11.3. The highest BCUT2D eigenvalue weighted by Crippen LogP contribution is 2.07. The van der Waals surface area contributed by atoms with Crippen molar-refractivity contribution in [2.75, 3.05) is 25.6 Å². The second-order valence-corrected chi connectivity index (χ2v) is 5.91. The maximum Gasteiger partial charge on any atom is 0.234 e. The Kier molecular flexibility index (Phi) is 5.59. The van der Waals surface area contributed by atoms with Crippen molar-refractivity contribution < 1.29 is 17.9 Å². The lowest BCUT2D eigenvalue weighted by Crippen LogP contribution is -2.11. The van der Waals surface area contributed by atoms with Crippen LogP contribution in [-0.2, 0) is 13.8 Å². The second kappa shape index (κ2) is 6.73. The smallest absolute Gasteiger partial charge is 0.234 e. The van der Waals surface area contributed by atoms with Gasteiger partial charge in [-0.25, -0.2) is 8.42 Å². The molecule has 0 fully saturated rings. The van der Waals surface area contributed by atoms with Crippen LogP contribution in [0.5, 0.6) is 5.75 Å². The molecule has 0 aliphatic heterocycles. The lowest BCUT2D eigenvalue weighted by atomic mass is 10.3. The molecule has 0 N–H and O–H groups in total. The molecular formula is C10H13ClO4S. The van der Waals surface area contributed by atoms with Crippen LogP contribution >= 0.6 is 10.7 Å². The molecule has 0 spiro atoms. The summed E-state index contributed by atoms with van der Waals surface area (Å²) in [6.07, 6.45) is 0. The summed E-state index contributed by atoms with van der Waals surface area (Å²) in [5, 5.41) is 0. The summed E-state index contributed by atoms with van der Waals surface area (Å²) in [7, 11) is 1.55. The average Bonchev–Trinajstić information content (AvgIpc) is 2.23. The van der Waals surface area contributed by atoms with Gasteiger partial charge in [-0.2, -0.15) is 0 Å². The predicted octanol–water partition coefficient (Wildman–Crippen LogP) is 1.65. The fraction of sp³-hybridized carbons (Fsp3) is 0.400. The molecule has 0 atom stereocenters. The molecule has 1 aromatic carbocycles. The van der Waals surface area contributed by atoms with Crippen molar-refractivity contribution in [2.45, 2.75) is 0 Å². The molecule has 90 valence electrons. The van der Waals surface area contributed by atoms with Gasteiger partial charge in [0.05, 0.1) is 19.0 Å². The monoisotopic (exact) mass is 264 g/mol. The third kappa shape index (κ3) is 6.66. The van der Waals surface area contributed by atoms with E-state index in [9.17, 15) is 8.42 Å². The van der Waals surface area contributed by atoms with Gasteiger partial charge >= 0.3 is 0 Å². The van der Waals surface area contributed by atoms with Crippen LogP contribution in [0.3, 0.4) is 0 Å². The second-order valence-electron chi connectivity index (χ2n) is 3.02. The number of rotatable bonds is 7. The molecule has 0 aliphatic carbocycles. The van der Waals surface area contributed by atoms with E-state index >= 15 is 0 Å². The lowest BCUT2D eigenvalue weighted by Gasteiger charge is -2.06. The van der Waals surface area contributed by atoms with E-state index in [1.54, 1.807) is 0 Å². The maximum atomic E-state index is 10.5. The molecule has 1 rings (SSSR count). The quantitative estimate of drug-likeness (QED) is 0.555. The number of hydrogen-bond acceptors (Lipinski definition) is 4. The highest BCUT2D eigenvalue weighted by atomic mass is 35.7. The Morgan fingerprint density at radius 3 is 2.38 bits per heavy atom. The van der Waals surface area contributed by atoms with E-state index in [1.807, 2.05) is 30.3 Å². The zero-order chi connectivity index (χ0) is 11.9. The molecule has 0 bridgehead atoms. The van der Waals surface area contributed by atoms with Gasteiger partial charge in [0, 0.05) is 10.7 Å². The molecule has 0 aliphatic rings. The van der Waals surface area contributed by atoms with E-state index in [4.69, 9.17) is 20.2 Å². The summed E-state index contributed by atoms with van der Waals surface area (Å²) < 4.78 is 31.5. The van der Waals surface area contributed by atoms with E-state index in [0.717, 1.165) is 5.75 Å². The van der Waals surface area contributed by atoms with E-state index in [0.29, 0.717) is 13.2 Å². The van der Waals surface area contributed by atoms with Crippen LogP contribution in [0.4, 0.5) is 0 Å². The molecule has 0 heterocycles. The minimum atomic E-state index is -3.46. The molecule has 16 heavy (non-hydrogen) atoms. The first kappa shape index (κ1) is 13.3. The molecule has 0 aromatic heterocycles. The van der Waals surface area contributed by atoms with E-state index in [2.05, 4.69) is 0 Å². The van der Waals surface area contributed by atoms with Gasteiger partial charge in [0.2, 0.25) is 9.05 Å². The van der Waals surface area contributed by atoms with Crippen LogP contribution in [0.15, 0.2) is 30.3 Å². The first-order chi connectivity index (χ1) is 7.58. The lowest BCUT2D eigenvalue weighted by molar-refractivity contribution is 0.111. The van der Waals surface area contributed by atoms with Gasteiger partial charge < -0.3 is 9.47 Å². The topological polar surface area (TPSA) is 52.6 Å². The Morgan fingerprint density at radius 2 is 1.75 bits per heavy atom. The Bertz CT molecular complexity index is 391. The van der Waals surface area contributed by atoms with Gasteiger partial charge in [0.15, 0.2) is 0 Å². The van der Waals surface area contributed by atoms with E-state index in [1.165, 1.54) is 0 Å². The largest absolute Gasteiger partial charge is 0.491 e. The summed E-state index contributed by atoms with van der Waals surface area (Å²) >= 11 is 0. The van der Waals surface area contributed by atoms with Crippen LogP contribution in [0.25, 0.3) is 0 Å². The molecule has 1 aromatic rings. The fourth-order valence-electron chi connectivity index (χ4n) is 0.996. The van der Waals surface area contributed by atoms with Crippen LogP contribution in [0.1, 0.15) is 0 Å². The molecule has 0 saturated heterocycles. The average molecular weight is 265 g/mol. The van der Waals surface area contributed by atoms with Gasteiger partial charge in [-0.15, -0.1) is 0 Å². The van der Waals surface area contributed by atoms with Crippen molar-refractivity contribution in [3.05, 3.63) is 30.3 Å². The van der Waals surface area contributed by atoms with Crippen molar-refractivity contribution in [1.29, 1.82) is 0 Å². The zero-order valence-corrected chi connectivity index (χ0v) is 10.2. The van der Waals surface area contributed by atoms with Crippen molar-refractivity contribution in [2.24, 2.45) is 0 Å².